The Kier molecular flexibility index (Phi) is 4.51. The summed E-state index contributed by atoms with van der Waals surface area (Å²) in [6.07, 6.45) is -5.16. The van der Waals surface area contributed by atoms with Crippen LogP contribution in [0.3, 0.4) is 0 Å². The van der Waals surface area contributed by atoms with Gasteiger partial charge in [0.25, 0.3) is 14.7 Å². The van der Waals surface area contributed by atoms with E-state index in [0.717, 1.165) is 6.07 Å². The van der Waals surface area contributed by atoms with Gasteiger partial charge in [0, 0.05) is 22.8 Å². The van der Waals surface area contributed by atoms with Crippen molar-refractivity contribution >= 4 is 48.0 Å². The zero-order chi connectivity index (χ0) is 15.0. The lowest BCUT2D eigenvalue weighted by Gasteiger charge is -2.13. The molecule has 0 heterocycles. The molecular formula is C7H2ClF3INO5S. The van der Waals surface area contributed by atoms with Crippen molar-refractivity contribution in [3.05, 3.63) is 25.8 Å². The van der Waals surface area contributed by atoms with Crippen LogP contribution in [-0.4, -0.2) is 19.7 Å². The summed E-state index contributed by atoms with van der Waals surface area (Å²) in [6.45, 7) is 0. The van der Waals surface area contributed by atoms with E-state index in [2.05, 4.69) is 4.74 Å². The first-order chi connectivity index (χ1) is 8.42. The Morgan fingerprint density at radius 2 is 1.89 bits per heavy atom. The van der Waals surface area contributed by atoms with E-state index in [1.807, 2.05) is 0 Å². The second-order valence-corrected chi connectivity index (χ2v) is 6.69. The minimum absolute atomic E-state index is 0.394. The maximum absolute atomic E-state index is 12.2. The molecular weight excluding hydrogens is 429 g/mol. The number of rotatable bonds is 3. The summed E-state index contributed by atoms with van der Waals surface area (Å²) in [7, 11) is 0.294. The first-order valence-corrected chi connectivity index (χ1v) is 7.49. The van der Waals surface area contributed by atoms with Crippen LogP contribution >= 0.6 is 33.3 Å². The number of nitro benzene ring substituents is 1. The highest BCUT2D eigenvalue weighted by Crippen LogP contribution is 2.38. The van der Waals surface area contributed by atoms with E-state index in [-0.39, 0.29) is 0 Å². The summed E-state index contributed by atoms with van der Waals surface area (Å²) in [5.41, 5.74) is -0.724. The standard InChI is InChI=1S/C7H2ClF3INO5S/c8-19(16,17)5-2-3(13(14)15)1-4(12)6(5)18-7(9,10)11/h1-2H. The lowest BCUT2D eigenvalue weighted by atomic mass is 10.3. The van der Waals surface area contributed by atoms with E-state index < -0.39 is 40.2 Å². The number of alkyl halides is 3. The molecule has 1 aromatic carbocycles. The van der Waals surface area contributed by atoms with Crippen LogP contribution < -0.4 is 4.74 Å². The van der Waals surface area contributed by atoms with Crippen LogP contribution in [0.15, 0.2) is 17.0 Å². The maximum atomic E-state index is 12.2. The van der Waals surface area contributed by atoms with Crippen LogP contribution in [0.2, 0.25) is 0 Å². The van der Waals surface area contributed by atoms with Gasteiger partial charge in [-0.15, -0.1) is 13.2 Å². The summed E-state index contributed by atoms with van der Waals surface area (Å²) in [5, 5.41) is 10.5. The Morgan fingerprint density at radius 3 is 2.26 bits per heavy atom. The van der Waals surface area contributed by atoms with Gasteiger partial charge in [-0.3, -0.25) is 10.1 Å². The fourth-order valence-corrected chi connectivity index (χ4v) is 2.94. The average Bonchev–Trinajstić information content (AvgIpc) is 2.16. The van der Waals surface area contributed by atoms with E-state index in [4.69, 9.17) is 10.7 Å². The Hall–Kier alpha value is -0.820. The molecule has 106 valence electrons. The van der Waals surface area contributed by atoms with Crippen molar-refractivity contribution in [1.29, 1.82) is 0 Å². The molecule has 0 fully saturated rings. The molecule has 0 aliphatic rings. The predicted molar refractivity (Wildman–Crippen MR) is 65.5 cm³/mol. The monoisotopic (exact) mass is 431 g/mol. The van der Waals surface area contributed by atoms with Crippen LogP contribution in [0, 0.1) is 13.7 Å². The van der Waals surface area contributed by atoms with Crippen molar-refractivity contribution < 1.29 is 31.2 Å². The van der Waals surface area contributed by atoms with Crippen molar-refractivity contribution in [1.82, 2.24) is 0 Å². The van der Waals surface area contributed by atoms with Crippen molar-refractivity contribution in [2.24, 2.45) is 0 Å². The molecule has 1 aromatic rings. The second kappa shape index (κ2) is 5.28. The van der Waals surface area contributed by atoms with E-state index in [1.165, 1.54) is 22.6 Å². The molecule has 6 nitrogen and oxygen atoms in total. The number of non-ortho nitro benzene ring substituents is 1. The molecule has 0 saturated heterocycles. The van der Waals surface area contributed by atoms with E-state index >= 15 is 0 Å². The summed E-state index contributed by atoms with van der Waals surface area (Å²) < 4.78 is 61.9. The smallest absolute Gasteiger partial charge is 0.403 e. The maximum Gasteiger partial charge on any atom is 0.573 e. The fourth-order valence-electron chi connectivity index (χ4n) is 1.06. The Morgan fingerprint density at radius 1 is 1.37 bits per heavy atom. The summed E-state index contributed by atoms with van der Waals surface area (Å²) in [4.78, 5) is 8.44. The molecule has 0 aromatic heterocycles. The van der Waals surface area contributed by atoms with Crippen LogP contribution in [-0.2, 0) is 9.05 Å². The molecule has 0 amide bonds. The van der Waals surface area contributed by atoms with Crippen molar-refractivity contribution in [3.63, 3.8) is 0 Å². The van der Waals surface area contributed by atoms with Gasteiger partial charge in [-0.2, -0.15) is 0 Å². The first-order valence-electron chi connectivity index (χ1n) is 4.10. The third-order valence-electron chi connectivity index (χ3n) is 1.69. The highest BCUT2D eigenvalue weighted by Gasteiger charge is 2.36. The number of halogens is 5. The Bertz CT molecular complexity index is 632. The van der Waals surface area contributed by atoms with Gasteiger partial charge in [0.2, 0.25) is 0 Å². The van der Waals surface area contributed by atoms with Gasteiger partial charge in [-0.1, -0.05) is 0 Å². The number of ether oxygens (including phenoxy) is 1. The molecule has 1 rings (SSSR count). The third kappa shape index (κ3) is 4.35. The lowest BCUT2D eigenvalue weighted by molar-refractivity contribution is -0.385. The second-order valence-electron chi connectivity index (χ2n) is 3.00. The van der Waals surface area contributed by atoms with Crippen LogP contribution in [0.25, 0.3) is 0 Å². The third-order valence-corrected chi connectivity index (χ3v) is 3.81. The SMILES string of the molecule is O=[N+]([O-])c1cc(I)c(OC(F)(F)F)c(S(=O)(=O)Cl)c1. The minimum Gasteiger partial charge on any atom is -0.403 e. The van der Waals surface area contributed by atoms with Crippen molar-refractivity contribution in [2.75, 3.05) is 0 Å². The number of nitrogens with zero attached hydrogens (tertiary/aromatic N) is 1. The number of benzene rings is 1. The molecule has 0 aliphatic heterocycles. The Balaban J connectivity index is 3.58. The van der Waals surface area contributed by atoms with Gasteiger partial charge in [0.1, 0.15) is 4.90 Å². The van der Waals surface area contributed by atoms with E-state index in [9.17, 15) is 31.7 Å². The molecule has 0 radical (unpaired) electrons. The highest BCUT2D eigenvalue weighted by molar-refractivity contribution is 14.1. The molecule has 0 aliphatic carbocycles. The fraction of sp³-hybridized carbons (Fsp3) is 0.143. The van der Waals surface area contributed by atoms with Crippen LogP contribution in [0.4, 0.5) is 18.9 Å². The van der Waals surface area contributed by atoms with Gasteiger partial charge >= 0.3 is 6.36 Å². The van der Waals surface area contributed by atoms with Crippen molar-refractivity contribution in [2.45, 2.75) is 11.3 Å². The van der Waals surface area contributed by atoms with Gasteiger partial charge in [-0.25, -0.2) is 8.42 Å². The van der Waals surface area contributed by atoms with Gasteiger partial charge in [0.05, 0.1) is 8.49 Å². The largest absolute Gasteiger partial charge is 0.573 e. The quantitative estimate of drug-likeness (QED) is 0.318. The zero-order valence-electron chi connectivity index (χ0n) is 8.44. The number of hydrogen-bond donors (Lipinski definition) is 0. The first kappa shape index (κ1) is 16.2. The van der Waals surface area contributed by atoms with Crippen LogP contribution in [0.5, 0.6) is 5.75 Å². The molecule has 0 N–H and O–H groups in total. The minimum atomic E-state index is -5.16. The van der Waals surface area contributed by atoms with Gasteiger partial charge < -0.3 is 4.74 Å². The molecule has 12 heteroatoms. The summed E-state index contributed by atoms with van der Waals surface area (Å²) >= 11 is 1.27. The summed E-state index contributed by atoms with van der Waals surface area (Å²) in [6, 6.07) is 1.12. The molecule has 0 saturated carbocycles. The van der Waals surface area contributed by atoms with Crippen LogP contribution in [0.1, 0.15) is 0 Å². The van der Waals surface area contributed by atoms with E-state index in [1.54, 1.807) is 0 Å². The average molecular weight is 432 g/mol. The van der Waals surface area contributed by atoms with Gasteiger partial charge in [0.15, 0.2) is 5.75 Å². The topological polar surface area (TPSA) is 86.5 Å². The number of hydrogen-bond acceptors (Lipinski definition) is 5. The molecule has 0 unspecified atom stereocenters. The molecule has 0 bridgehead atoms. The van der Waals surface area contributed by atoms with Crippen molar-refractivity contribution in [3.8, 4) is 5.75 Å². The molecule has 0 atom stereocenters. The zero-order valence-corrected chi connectivity index (χ0v) is 12.2. The van der Waals surface area contributed by atoms with Gasteiger partial charge in [-0.05, 0) is 22.6 Å². The van der Waals surface area contributed by atoms with E-state index in [0.29, 0.717) is 6.07 Å². The predicted octanol–water partition coefficient (Wildman–Crippen LogP) is 3.03. The number of nitro groups is 1. The Labute approximate surface area is 122 Å². The normalized spacial score (nSPS) is 12.3. The lowest BCUT2D eigenvalue weighted by Crippen LogP contribution is -2.19. The molecule has 19 heavy (non-hydrogen) atoms. The summed E-state index contributed by atoms with van der Waals surface area (Å²) in [5.74, 6) is -1.10. The highest BCUT2D eigenvalue weighted by atomic mass is 127. The molecule has 0 spiro atoms.